The van der Waals surface area contributed by atoms with Crippen molar-refractivity contribution < 1.29 is 4.74 Å². The van der Waals surface area contributed by atoms with Crippen molar-refractivity contribution in [3.63, 3.8) is 0 Å². The minimum absolute atomic E-state index is 0.360. The van der Waals surface area contributed by atoms with Crippen molar-refractivity contribution >= 4 is 0 Å². The van der Waals surface area contributed by atoms with Crippen LogP contribution < -0.4 is 10.1 Å². The molecular weight excluding hydrogens is 260 g/mol. The van der Waals surface area contributed by atoms with E-state index in [1.54, 1.807) is 7.11 Å². The molecule has 3 heteroatoms. The molecule has 0 aromatic heterocycles. The van der Waals surface area contributed by atoms with Gasteiger partial charge in [-0.2, -0.15) is 0 Å². The van der Waals surface area contributed by atoms with E-state index in [9.17, 15) is 0 Å². The first-order valence-corrected chi connectivity index (χ1v) is 8.23. The van der Waals surface area contributed by atoms with Gasteiger partial charge in [0.05, 0.1) is 7.11 Å². The van der Waals surface area contributed by atoms with Crippen molar-refractivity contribution in [2.45, 2.75) is 44.7 Å². The van der Waals surface area contributed by atoms with Crippen LogP contribution in [-0.4, -0.2) is 43.2 Å². The first-order valence-electron chi connectivity index (χ1n) is 8.23. The summed E-state index contributed by atoms with van der Waals surface area (Å²) in [4.78, 5) is 2.73. The molecule has 116 valence electrons. The van der Waals surface area contributed by atoms with Crippen LogP contribution in [0, 0.1) is 5.92 Å². The third-order valence-electron chi connectivity index (χ3n) is 5.31. The van der Waals surface area contributed by atoms with Crippen LogP contribution in [-0.2, 0) is 6.42 Å². The third-order valence-corrected chi connectivity index (χ3v) is 5.31. The topological polar surface area (TPSA) is 24.5 Å². The van der Waals surface area contributed by atoms with Crippen molar-refractivity contribution in [3.05, 3.63) is 29.8 Å². The van der Waals surface area contributed by atoms with E-state index >= 15 is 0 Å². The van der Waals surface area contributed by atoms with E-state index in [4.69, 9.17) is 4.74 Å². The Hall–Kier alpha value is -1.06. The highest BCUT2D eigenvalue weighted by Crippen LogP contribution is 2.43. The van der Waals surface area contributed by atoms with Gasteiger partial charge in [-0.05, 0) is 56.7 Å². The predicted octanol–water partition coefficient (Wildman–Crippen LogP) is 2.70. The molecule has 1 aromatic rings. The third kappa shape index (κ3) is 3.24. The number of methoxy groups -OCH3 is 1. The summed E-state index contributed by atoms with van der Waals surface area (Å²) < 4.78 is 5.23. The first kappa shape index (κ1) is 14.9. The second kappa shape index (κ2) is 5.98. The van der Waals surface area contributed by atoms with Gasteiger partial charge in [-0.25, -0.2) is 0 Å². The van der Waals surface area contributed by atoms with Crippen LogP contribution in [0.2, 0.25) is 0 Å². The van der Waals surface area contributed by atoms with Crippen LogP contribution in [0.25, 0.3) is 0 Å². The number of ether oxygens (including phenoxy) is 1. The summed E-state index contributed by atoms with van der Waals surface area (Å²) in [5, 5.41) is 3.68. The molecule has 1 N–H and O–H groups in total. The van der Waals surface area contributed by atoms with Gasteiger partial charge < -0.3 is 10.1 Å². The lowest BCUT2D eigenvalue weighted by Gasteiger charge is -2.48. The van der Waals surface area contributed by atoms with Gasteiger partial charge in [0.2, 0.25) is 0 Å². The van der Waals surface area contributed by atoms with Crippen molar-refractivity contribution in [2.75, 3.05) is 26.7 Å². The average molecular weight is 288 g/mol. The Morgan fingerprint density at radius 2 is 2.00 bits per heavy atom. The number of hydrogen-bond acceptors (Lipinski definition) is 3. The van der Waals surface area contributed by atoms with Crippen molar-refractivity contribution in [2.24, 2.45) is 5.92 Å². The Balaban J connectivity index is 1.63. The first-order chi connectivity index (χ1) is 10.1. The maximum absolute atomic E-state index is 5.23. The van der Waals surface area contributed by atoms with E-state index in [1.807, 2.05) is 0 Å². The lowest BCUT2D eigenvalue weighted by Crippen LogP contribution is -2.64. The molecule has 0 spiro atoms. The molecule has 1 aromatic carbocycles. The fraction of sp³-hybridized carbons (Fsp3) is 0.667. The van der Waals surface area contributed by atoms with Gasteiger partial charge in [0.25, 0.3) is 0 Å². The number of nitrogens with zero attached hydrogens (tertiary/aromatic N) is 1. The number of benzene rings is 1. The van der Waals surface area contributed by atoms with Gasteiger partial charge in [-0.1, -0.05) is 12.1 Å². The summed E-state index contributed by atoms with van der Waals surface area (Å²) in [5.74, 6) is 1.84. The Kier molecular flexibility index (Phi) is 4.23. The SMILES string of the molecule is COc1ccc(CCN2CC(C)NCC2(C)C2CC2)cc1. The minimum atomic E-state index is 0.360. The van der Waals surface area contributed by atoms with Crippen LogP contribution in [0.4, 0.5) is 0 Å². The van der Waals surface area contributed by atoms with Crippen LogP contribution in [0.15, 0.2) is 24.3 Å². The number of piperazine rings is 1. The summed E-state index contributed by atoms with van der Waals surface area (Å²) in [6.07, 6.45) is 3.94. The molecule has 3 nitrogen and oxygen atoms in total. The molecule has 1 aliphatic heterocycles. The lowest BCUT2D eigenvalue weighted by atomic mass is 9.89. The van der Waals surface area contributed by atoms with E-state index in [0.717, 1.165) is 31.2 Å². The Bertz CT molecular complexity index is 469. The predicted molar refractivity (Wildman–Crippen MR) is 86.9 cm³/mol. The van der Waals surface area contributed by atoms with Gasteiger partial charge in [0, 0.05) is 31.2 Å². The van der Waals surface area contributed by atoms with Crippen molar-refractivity contribution in [3.8, 4) is 5.75 Å². The fourth-order valence-corrected chi connectivity index (χ4v) is 3.61. The molecular formula is C18H28N2O. The molecule has 0 bridgehead atoms. The van der Waals surface area contributed by atoms with Gasteiger partial charge in [0.1, 0.15) is 5.75 Å². The molecule has 2 aliphatic rings. The lowest BCUT2D eigenvalue weighted by molar-refractivity contribution is 0.0395. The molecule has 0 amide bonds. The summed E-state index contributed by atoms with van der Waals surface area (Å²) in [7, 11) is 1.72. The zero-order valence-corrected chi connectivity index (χ0v) is 13.6. The Morgan fingerprint density at radius 3 is 2.62 bits per heavy atom. The van der Waals surface area contributed by atoms with Crippen molar-refractivity contribution in [1.82, 2.24) is 10.2 Å². The van der Waals surface area contributed by atoms with E-state index in [0.29, 0.717) is 11.6 Å². The normalized spacial score (nSPS) is 30.3. The van der Waals surface area contributed by atoms with Gasteiger partial charge in [0.15, 0.2) is 0 Å². The summed E-state index contributed by atoms with van der Waals surface area (Å²) in [6.45, 7) is 8.22. The fourth-order valence-electron chi connectivity index (χ4n) is 3.61. The average Bonchev–Trinajstić information content (AvgIpc) is 3.34. The van der Waals surface area contributed by atoms with E-state index in [-0.39, 0.29) is 0 Å². The van der Waals surface area contributed by atoms with Crippen LogP contribution >= 0.6 is 0 Å². The summed E-state index contributed by atoms with van der Waals surface area (Å²) >= 11 is 0. The molecule has 2 fully saturated rings. The number of nitrogens with one attached hydrogen (secondary N) is 1. The second-order valence-electron chi connectivity index (χ2n) is 6.96. The Morgan fingerprint density at radius 1 is 1.29 bits per heavy atom. The molecule has 1 saturated heterocycles. The molecule has 2 unspecified atom stereocenters. The zero-order chi connectivity index (χ0) is 14.9. The molecule has 3 rings (SSSR count). The smallest absolute Gasteiger partial charge is 0.118 e. The summed E-state index contributed by atoms with van der Waals surface area (Å²) in [6, 6.07) is 9.12. The largest absolute Gasteiger partial charge is 0.497 e. The zero-order valence-electron chi connectivity index (χ0n) is 13.6. The monoisotopic (exact) mass is 288 g/mol. The standard InChI is InChI=1S/C18H28N2O/c1-14-12-20(18(2,13-19-14)16-6-7-16)11-10-15-4-8-17(21-3)9-5-15/h4-5,8-9,14,16,19H,6-7,10-13H2,1-3H3. The maximum atomic E-state index is 5.23. The van der Waals surface area contributed by atoms with Crippen LogP contribution in [0.3, 0.4) is 0 Å². The molecule has 1 aliphatic carbocycles. The van der Waals surface area contributed by atoms with Crippen LogP contribution in [0.5, 0.6) is 5.75 Å². The van der Waals surface area contributed by atoms with Gasteiger partial charge in [-0.3, -0.25) is 4.90 Å². The quantitative estimate of drug-likeness (QED) is 0.901. The molecule has 21 heavy (non-hydrogen) atoms. The maximum Gasteiger partial charge on any atom is 0.118 e. The van der Waals surface area contributed by atoms with Crippen LogP contribution in [0.1, 0.15) is 32.3 Å². The summed E-state index contributed by atoms with van der Waals surface area (Å²) in [5.41, 5.74) is 1.76. The molecule has 1 saturated carbocycles. The molecule has 0 radical (unpaired) electrons. The second-order valence-corrected chi connectivity index (χ2v) is 6.96. The highest BCUT2D eigenvalue weighted by Gasteiger charge is 2.47. The van der Waals surface area contributed by atoms with Crippen molar-refractivity contribution in [1.29, 1.82) is 0 Å². The van der Waals surface area contributed by atoms with E-state index in [2.05, 4.69) is 48.3 Å². The highest BCUT2D eigenvalue weighted by atomic mass is 16.5. The van der Waals surface area contributed by atoms with E-state index in [1.165, 1.54) is 24.9 Å². The minimum Gasteiger partial charge on any atom is -0.497 e. The number of hydrogen-bond donors (Lipinski definition) is 1. The Labute approximate surface area is 128 Å². The molecule has 1 heterocycles. The van der Waals surface area contributed by atoms with Gasteiger partial charge in [-0.15, -0.1) is 0 Å². The van der Waals surface area contributed by atoms with E-state index < -0.39 is 0 Å². The number of rotatable bonds is 5. The highest BCUT2D eigenvalue weighted by molar-refractivity contribution is 5.27. The molecule has 2 atom stereocenters. The van der Waals surface area contributed by atoms with Gasteiger partial charge >= 0.3 is 0 Å².